The standard InChI is InChI=1S/C60H95FN12O23Si/c1-59(2,3)97(61,60(4,5)6)38-14-12-37(13-15-38)52(86)64-32-43(66-47(77)33-70-24-26-71(34-49(80)81)28-30-73(36-51(84)85)31-29-72(27-25-70)35-50(82)83)53(87)67-40(55(90)91)10-7-8-22-62-44(74)19-20-45(75)63-23-9-11-39(54(88)89)65-46(76)18-16-41(56(92)93)68-58(96)69-42(57(94)95)17-21-48(78)79/h12-15,39-43H,7-11,16-36H2,1-6H3,(H,62,74)(H,63,75)(H,64,86)(H,65,76)(H,66,77)(H,67,87)(H,78,79)(H,80,81)(H,82,83)(H,84,85)(H,88,89)(H,90,91)(H,92,93)(H,94,95)(H2,68,69,96)/p-3/t39-,40+,41-,42-,43-/m0/s1. The first kappa shape index (κ1) is 84.1. The van der Waals surface area contributed by atoms with Gasteiger partial charge < -0.3 is 102 Å². The summed E-state index contributed by atoms with van der Waals surface area (Å²) in [5.74, 6) is -16.6. The van der Waals surface area contributed by atoms with Crippen LogP contribution in [-0.2, 0) is 62.3 Å². The fourth-order valence-electron chi connectivity index (χ4n) is 10.7. The van der Waals surface area contributed by atoms with E-state index in [1.807, 2.05) is 52.2 Å². The minimum Gasteiger partial charge on any atom is -0.549 e. The zero-order valence-corrected chi connectivity index (χ0v) is 56.3. The molecule has 1 fully saturated rings. The number of carboxylic acids is 8. The van der Waals surface area contributed by atoms with Crippen LogP contribution in [0.5, 0.6) is 0 Å². The molecular formula is C60H92FN12O23Si-3. The van der Waals surface area contributed by atoms with E-state index in [-0.39, 0.29) is 116 Å². The second-order valence-electron chi connectivity index (χ2n) is 25.4. The van der Waals surface area contributed by atoms with E-state index in [4.69, 9.17) is 5.11 Å². The van der Waals surface area contributed by atoms with Crippen LogP contribution in [0.25, 0.3) is 0 Å². The lowest BCUT2D eigenvalue weighted by atomic mass is 10.1. The second kappa shape index (κ2) is 41.2. The predicted molar refractivity (Wildman–Crippen MR) is 336 cm³/mol. The summed E-state index contributed by atoms with van der Waals surface area (Å²) >= 11 is 0. The van der Waals surface area contributed by atoms with Crippen LogP contribution in [0.2, 0.25) is 10.1 Å². The van der Waals surface area contributed by atoms with Gasteiger partial charge in [-0.15, -0.1) is 0 Å². The molecule has 5 atom stereocenters. The van der Waals surface area contributed by atoms with E-state index in [1.165, 1.54) is 43.9 Å². The second-order valence-corrected chi connectivity index (χ2v) is 30.2. The molecule has 0 bridgehead atoms. The van der Waals surface area contributed by atoms with Crippen molar-refractivity contribution in [2.24, 2.45) is 0 Å². The summed E-state index contributed by atoms with van der Waals surface area (Å²) < 4.78 is 17.1. The number of carbonyl (C=O) groups excluding carboxylic acids is 10. The molecule has 1 aromatic rings. The topological polar surface area (TPSA) is 536 Å². The smallest absolute Gasteiger partial charge is 0.326 e. The summed E-state index contributed by atoms with van der Waals surface area (Å²) in [5, 5.41) is 100.0. The lowest BCUT2D eigenvalue weighted by Gasteiger charge is -2.44. The molecule has 0 radical (unpaired) electrons. The van der Waals surface area contributed by atoms with Crippen LogP contribution in [0, 0.1) is 0 Å². The first-order chi connectivity index (χ1) is 45.2. The van der Waals surface area contributed by atoms with Crippen molar-refractivity contribution < 1.29 is 117 Å². The van der Waals surface area contributed by atoms with Gasteiger partial charge in [0.2, 0.25) is 29.5 Å². The Balaban J connectivity index is 2.11. The molecule has 8 amide bonds. The number of unbranched alkanes of at least 4 members (excludes halogenated alkanes) is 1. The van der Waals surface area contributed by atoms with Gasteiger partial charge in [-0.05, 0) is 72.3 Å². The Morgan fingerprint density at radius 3 is 1.22 bits per heavy atom. The number of rotatable bonds is 40. The first-order valence-corrected chi connectivity index (χ1v) is 33.3. The predicted octanol–water partition coefficient (Wildman–Crippen LogP) is -5.95. The maximum atomic E-state index is 17.1. The van der Waals surface area contributed by atoms with Crippen molar-refractivity contribution in [1.82, 2.24) is 62.1 Å². The molecule has 0 aliphatic carbocycles. The molecule has 2 rings (SSSR count). The number of nitrogens with one attached hydrogen (secondary N) is 8. The summed E-state index contributed by atoms with van der Waals surface area (Å²) in [4.78, 5) is 191. The monoisotopic (exact) mass is 1400 g/mol. The Morgan fingerprint density at radius 2 is 0.814 bits per heavy atom. The Kier molecular flexibility index (Phi) is 35.8. The van der Waals surface area contributed by atoms with Crippen LogP contribution in [-0.4, -0.2) is 271 Å². The molecule has 13 N–H and O–H groups in total. The molecule has 0 spiro atoms. The number of carboxylic acid groups (broad SMARTS) is 8. The van der Waals surface area contributed by atoms with Crippen molar-refractivity contribution in [1.29, 1.82) is 0 Å². The zero-order chi connectivity index (χ0) is 73.4. The number of benzene rings is 1. The van der Waals surface area contributed by atoms with Crippen LogP contribution >= 0.6 is 0 Å². The third-order valence-corrected chi connectivity index (χ3v) is 20.9. The van der Waals surface area contributed by atoms with Crippen LogP contribution < -0.4 is 63.0 Å². The molecule has 544 valence electrons. The van der Waals surface area contributed by atoms with Crippen molar-refractivity contribution in [2.75, 3.05) is 98.2 Å². The Morgan fingerprint density at radius 1 is 0.443 bits per heavy atom. The van der Waals surface area contributed by atoms with E-state index in [0.717, 1.165) is 0 Å². The maximum Gasteiger partial charge on any atom is 0.326 e. The lowest BCUT2D eigenvalue weighted by molar-refractivity contribution is -0.308. The van der Waals surface area contributed by atoms with E-state index < -0.39 is 196 Å². The van der Waals surface area contributed by atoms with Crippen molar-refractivity contribution in [3.63, 3.8) is 0 Å². The zero-order valence-electron chi connectivity index (χ0n) is 55.3. The largest absolute Gasteiger partial charge is 0.549 e. The highest BCUT2D eigenvalue weighted by molar-refractivity contribution is 6.90. The van der Waals surface area contributed by atoms with Gasteiger partial charge in [0.25, 0.3) is 14.3 Å². The number of carbonyl (C=O) groups is 15. The summed E-state index contributed by atoms with van der Waals surface area (Å²) in [7, 11) is -3.75. The average Bonchev–Trinajstić information content (AvgIpc) is 0.749. The Labute approximate surface area is 560 Å². The fraction of sp³-hybridized carbons (Fsp3) is 0.650. The number of urea groups is 1. The molecule has 0 saturated carbocycles. The molecule has 0 unspecified atom stereocenters. The lowest BCUT2D eigenvalue weighted by Crippen LogP contribution is -2.58. The molecule has 37 heteroatoms. The van der Waals surface area contributed by atoms with Crippen LogP contribution in [0.3, 0.4) is 0 Å². The van der Waals surface area contributed by atoms with E-state index >= 15 is 4.11 Å². The van der Waals surface area contributed by atoms with Crippen LogP contribution in [0.1, 0.15) is 123 Å². The molecule has 1 aliphatic heterocycles. The molecule has 0 aromatic heterocycles. The van der Waals surface area contributed by atoms with Gasteiger partial charge in [-0.25, -0.2) is 24.0 Å². The van der Waals surface area contributed by atoms with E-state index in [2.05, 4.69) is 31.9 Å². The number of halogens is 1. The molecule has 1 saturated heterocycles. The minimum atomic E-state index is -3.75. The average molecular weight is 1400 g/mol. The van der Waals surface area contributed by atoms with Crippen molar-refractivity contribution in [3.8, 4) is 0 Å². The summed E-state index contributed by atoms with van der Waals surface area (Å²) in [6.07, 6.45) is -3.09. The molecule has 1 heterocycles. The van der Waals surface area contributed by atoms with Gasteiger partial charge in [0.1, 0.15) is 30.2 Å². The van der Waals surface area contributed by atoms with Gasteiger partial charge in [-0.3, -0.25) is 53.2 Å². The SMILES string of the molecule is CC(C)(C)[Si](F)(c1ccc(C(=O)NC[C@H](NC(=O)CN2CCN(CC(=O)[O-])CCN(CC(=O)[O-])CCN(CC(=O)[O-])CC2)C(=O)N[C@H](CCCCNC(=O)CCC(=O)NCCC[C@H](NC(=O)CC[C@H](NC(=O)N[C@@H](CCC(=O)O)C(=O)O)C(=O)O)C(=O)O)C(=O)O)cc1)C(C)(C)C. The van der Waals surface area contributed by atoms with Crippen molar-refractivity contribution in [3.05, 3.63) is 29.8 Å². The number of amides is 8. The number of aliphatic carboxylic acids is 8. The van der Waals surface area contributed by atoms with Gasteiger partial charge in [0, 0.05) is 123 Å². The summed E-state index contributed by atoms with van der Waals surface area (Å²) in [5.41, 5.74) is 0.0635. The van der Waals surface area contributed by atoms with Gasteiger partial charge in [0.15, 0.2) is 0 Å². The molecule has 35 nitrogen and oxygen atoms in total. The van der Waals surface area contributed by atoms with E-state index in [1.54, 1.807) is 0 Å². The van der Waals surface area contributed by atoms with Crippen LogP contribution in [0.15, 0.2) is 24.3 Å². The highest BCUT2D eigenvalue weighted by atomic mass is 28.4. The maximum absolute atomic E-state index is 17.1. The van der Waals surface area contributed by atoms with Crippen molar-refractivity contribution in [2.45, 2.75) is 152 Å². The molecule has 1 aliphatic rings. The normalized spacial score (nSPS) is 15.5. The van der Waals surface area contributed by atoms with E-state index in [9.17, 15) is 108 Å². The van der Waals surface area contributed by atoms with Gasteiger partial charge >= 0.3 is 35.9 Å². The fourth-order valence-corrected chi connectivity index (χ4v) is 15.3. The Bertz CT molecular complexity index is 2870. The van der Waals surface area contributed by atoms with Crippen LogP contribution in [0.4, 0.5) is 8.90 Å². The van der Waals surface area contributed by atoms with E-state index in [0.29, 0.717) is 5.19 Å². The minimum absolute atomic E-state index is 0.00482. The molecular weight excluding hydrogens is 1300 g/mol. The van der Waals surface area contributed by atoms with Crippen molar-refractivity contribution >= 4 is 103 Å². The quantitative estimate of drug-likeness (QED) is 0.0165. The summed E-state index contributed by atoms with van der Waals surface area (Å²) in [6, 6.07) is -3.53. The van der Waals surface area contributed by atoms with Gasteiger partial charge in [-0.1, -0.05) is 53.7 Å². The third kappa shape index (κ3) is 32.1. The molecule has 97 heavy (non-hydrogen) atoms. The van der Waals surface area contributed by atoms with Gasteiger partial charge in [-0.2, -0.15) is 0 Å². The number of nitrogens with zero attached hydrogens (tertiary/aromatic N) is 4. The highest BCUT2D eigenvalue weighted by Gasteiger charge is 2.56. The third-order valence-electron chi connectivity index (χ3n) is 15.7. The van der Waals surface area contributed by atoms with Gasteiger partial charge in [0.05, 0.1) is 24.5 Å². The number of hydrogen-bond acceptors (Lipinski definition) is 22. The highest BCUT2D eigenvalue weighted by Crippen LogP contribution is 2.51. The number of hydrogen-bond donors (Lipinski definition) is 13. The summed E-state index contributed by atoms with van der Waals surface area (Å²) in [6.45, 7) is 7.97. The molecule has 1 aromatic carbocycles. The first-order valence-electron chi connectivity index (χ1n) is 31.4. The Hall–Kier alpha value is -8.94.